The van der Waals surface area contributed by atoms with Gasteiger partial charge in [0.2, 0.25) is 0 Å². The molecule has 3 rings (SSSR count). The number of carbonyl (C=O) groups is 1. The molecule has 0 fully saturated rings. The number of benzene rings is 2. The summed E-state index contributed by atoms with van der Waals surface area (Å²) in [4.78, 5) is 16.2. The number of thiazole rings is 1. The summed E-state index contributed by atoms with van der Waals surface area (Å²) in [7, 11) is 0. The van der Waals surface area contributed by atoms with Crippen molar-refractivity contribution in [2.75, 3.05) is 6.61 Å². The largest absolute Gasteiger partial charge is 0.482 e. The molecule has 0 aliphatic heterocycles. The van der Waals surface area contributed by atoms with Crippen LogP contribution in [0.2, 0.25) is 0 Å². The Hall–Kier alpha value is -2.73. The Labute approximate surface area is 142 Å². The Bertz CT molecular complexity index is 845. The van der Waals surface area contributed by atoms with Crippen LogP contribution in [0.4, 0.5) is 4.39 Å². The fraction of sp³-hybridized carbons (Fsp3) is 0.111. The average molecular weight is 343 g/mol. The smallest absolute Gasteiger partial charge is 0.349 e. The molecule has 24 heavy (non-hydrogen) atoms. The van der Waals surface area contributed by atoms with Crippen LogP contribution >= 0.6 is 11.3 Å². The normalized spacial score (nSPS) is 10.4. The molecule has 4 nitrogen and oxygen atoms in total. The van der Waals surface area contributed by atoms with Gasteiger partial charge in [-0.05, 0) is 43.3 Å². The molecule has 3 aromatic rings. The summed E-state index contributed by atoms with van der Waals surface area (Å²) in [5.41, 5.74) is 1.93. The van der Waals surface area contributed by atoms with E-state index in [4.69, 9.17) is 9.47 Å². The van der Waals surface area contributed by atoms with Gasteiger partial charge in [-0.25, -0.2) is 14.2 Å². The topological polar surface area (TPSA) is 48.4 Å². The molecule has 1 aromatic heterocycles. The number of hydrogen-bond donors (Lipinski definition) is 0. The highest BCUT2D eigenvalue weighted by atomic mass is 32.1. The number of esters is 1. The molecule has 0 saturated carbocycles. The van der Waals surface area contributed by atoms with E-state index in [1.54, 1.807) is 29.5 Å². The fourth-order valence-electron chi connectivity index (χ4n) is 2.01. The Balaban J connectivity index is 1.56. The zero-order chi connectivity index (χ0) is 16.9. The molecule has 6 heteroatoms. The highest BCUT2D eigenvalue weighted by Crippen LogP contribution is 2.25. The van der Waals surface area contributed by atoms with Crippen molar-refractivity contribution in [1.29, 1.82) is 0 Å². The SMILES string of the molecule is Cc1csc(-c2ccc(OC(=O)COc3cccc(F)c3)cc2)n1. The van der Waals surface area contributed by atoms with E-state index >= 15 is 0 Å². The molecule has 0 bridgehead atoms. The van der Waals surface area contributed by atoms with Gasteiger partial charge in [-0.1, -0.05) is 6.07 Å². The second-order valence-electron chi connectivity index (χ2n) is 5.04. The van der Waals surface area contributed by atoms with Gasteiger partial charge in [0.05, 0.1) is 0 Å². The molecule has 122 valence electrons. The van der Waals surface area contributed by atoms with E-state index in [1.165, 1.54) is 18.2 Å². The van der Waals surface area contributed by atoms with Crippen LogP contribution in [0.5, 0.6) is 11.5 Å². The molecule has 0 aliphatic carbocycles. The predicted molar refractivity (Wildman–Crippen MR) is 89.8 cm³/mol. The van der Waals surface area contributed by atoms with Gasteiger partial charge in [-0.2, -0.15) is 0 Å². The molecule has 1 heterocycles. The van der Waals surface area contributed by atoms with E-state index < -0.39 is 11.8 Å². The van der Waals surface area contributed by atoms with Crippen molar-refractivity contribution < 1.29 is 18.7 Å². The second-order valence-corrected chi connectivity index (χ2v) is 5.90. The highest BCUT2D eigenvalue weighted by Gasteiger charge is 2.08. The van der Waals surface area contributed by atoms with Crippen LogP contribution in [0.3, 0.4) is 0 Å². The number of aromatic nitrogens is 1. The maximum Gasteiger partial charge on any atom is 0.349 e. The Kier molecular flexibility index (Phi) is 4.86. The maximum atomic E-state index is 13.0. The third-order valence-corrected chi connectivity index (χ3v) is 4.11. The standard InChI is InChI=1S/C18H14FNO3S/c1-12-11-24-18(20-12)13-5-7-15(8-6-13)23-17(21)10-22-16-4-2-3-14(19)9-16/h2-9,11H,10H2,1H3. The summed E-state index contributed by atoms with van der Waals surface area (Å²) < 4.78 is 23.4. The Morgan fingerprint density at radius 3 is 2.62 bits per heavy atom. The van der Waals surface area contributed by atoms with E-state index in [-0.39, 0.29) is 12.4 Å². The van der Waals surface area contributed by atoms with Crippen molar-refractivity contribution in [1.82, 2.24) is 4.98 Å². The van der Waals surface area contributed by atoms with E-state index in [0.717, 1.165) is 16.3 Å². The number of nitrogens with zero attached hydrogens (tertiary/aromatic N) is 1. The number of hydrogen-bond acceptors (Lipinski definition) is 5. The van der Waals surface area contributed by atoms with Crippen LogP contribution < -0.4 is 9.47 Å². The van der Waals surface area contributed by atoms with Crippen molar-refractivity contribution in [3.63, 3.8) is 0 Å². The molecule has 0 amide bonds. The minimum absolute atomic E-state index is 0.279. The van der Waals surface area contributed by atoms with Gasteiger partial charge in [0.25, 0.3) is 0 Å². The van der Waals surface area contributed by atoms with Crippen molar-refractivity contribution >= 4 is 17.3 Å². The first-order valence-electron chi connectivity index (χ1n) is 7.22. The summed E-state index contributed by atoms with van der Waals surface area (Å²) in [6, 6.07) is 12.7. The van der Waals surface area contributed by atoms with Crippen LogP contribution in [0.1, 0.15) is 5.69 Å². The molecule has 0 unspecified atom stereocenters. The zero-order valence-electron chi connectivity index (χ0n) is 12.9. The van der Waals surface area contributed by atoms with Gasteiger partial charge in [0.15, 0.2) is 6.61 Å². The number of ether oxygens (including phenoxy) is 2. The lowest BCUT2D eigenvalue weighted by molar-refractivity contribution is -0.136. The molecule has 0 aliphatic rings. The lowest BCUT2D eigenvalue weighted by Gasteiger charge is -2.07. The van der Waals surface area contributed by atoms with Gasteiger partial charge in [0, 0.05) is 22.7 Å². The first kappa shape index (κ1) is 16.1. The van der Waals surface area contributed by atoms with Gasteiger partial charge < -0.3 is 9.47 Å². The van der Waals surface area contributed by atoms with Crippen molar-refractivity contribution in [2.24, 2.45) is 0 Å². The van der Waals surface area contributed by atoms with Crippen LogP contribution in [0.15, 0.2) is 53.9 Å². The highest BCUT2D eigenvalue weighted by molar-refractivity contribution is 7.13. The summed E-state index contributed by atoms with van der Waals surface area (Å²) in [6.07, 6.45) is 0. The minimum Gasteiger partial charge on any atom is -0.482 e. The lowest BCUT2D eigenvalue weighted by atomic mass is 10.2. The molecule has 0 atom stereocenters. The van der Waals surface area contributed by atoms with Crippen molar-refractivity contribution in [3.8, 4) is 22.1 Å². The van der Waals surface area contributed by atoms with Crippen LogP contribution in [0.25, 0.3) is 10.6 Å². The van der Waals surface area contributed by atoms with Crippen molar-refractivity contribution in [2.45, 2.75) is 6.92 Å². The van der Waals surface area contributed by atoms with Gasteiger partial charge >= 0.3 is 5.97 Å². The molecule has 0 spiro atoms. The van der Waals surface area contributed by atoms with Crippen LogP contribution in [-0.2, 0) is 4.79 Å². The minimum atomic E-state index is -0.558. The van der Waals surface area contributed by atoms with E-state index in [0.29, 0.717) is 5.75 Å². The second kappa shape index (κ2) is 7.23. The van der Waals surface area contributed by atoms with Gasteiger partial charge in [-0.15, -0.1) is 11.3 Å². The van der Waals surface area contributed by atoms with Crippen molar-refractivity contribution in [3.05, 3.63) is 65.4 Å². The van der Waals surface area contributed by atoms with Gasteiger partial charge in [0.1, 0.15) is 22.3 Å². The van der Waals surface area contributed by atoms with Crippen LogP contribution in [0, 0.1) is 12.7 Å². The van der Waals surface area contributed by atoms with E-state index in [9.17, 15) is 9.18 Å². The quantitative estimate of drug-likeness (QED) is 0.513. The number of carbonyl (C=O) groups excluding carboxylic acids is 1. The third kappa shape index (κ3) is 4.17. The molecule has 0 saturated heterocycles. The maximum absolute atomic E-state index is 13.0. The third-order valence-electron chi connectivity index (χ3n) is 3.10. The summed E-state index contributed by atoms with van der Waals surface area (Å²) in [6.45, 7) is 1.64. The van der Waals surface area contributed by atoms with Gasteiger partial charge in [-0.3, -0.25) is 0 Å². The lowest BCUT2D eigenvalue weighted by Crippen LogP contribution is -2.17. The molecular formula is C18H14FNO3S. The molecule has 0 radical (unpaired) electrons. The number of halogens is 1. The first-order chi connectivity index (χ1) is 11.6. The number of aryl methyl sites for hydroxylation is 1. The molecule has 2 aromatic carbocycles. The van der Waals surface area contributed by atoms with E-state index in [1.807, 2.05) is 24.4 Å². The average Bonchev–Trinajstić information content (AvgIpc) is 3.00. The Morgan fingerprint density at radius 1 is 1.17 bits per heavy atom. The monoisotopic (exact) mass is 343 g/mol. The summed E-state index contributed by atoms with van der Waals surface area (Å²) >= 11 is 1.56. The zero-order valence-corrected chi connectivity index (χ0v) is 13.7. The predicted octanol–water partition coefficient (Wildman–Crippen LogP) is 4.24. The number of rotatable bonds is 5. The molecule has 0 N–H and O–H groups in total. The Morgan fingerprint density at radius 2 is 1.96 bits per heavy atom. The summed E-state index contributed by atoms with van der Waals surface area (Å²) in [5, 5.41) is 2.90. The fourth-order valence-corrected chi connectivity index (χ4v) is 2.82. The molecular weight excluding hydrogens is 329 g/mol. The summed E-state index contributed by atoms with van der Waals surface area (Å²) in [5.74, 6) is -0.285. The first-order valence-corrected chi connectivity index (χ1v) is 8.10. The van der Waals surface area contributed by atoms with E-state index in [2.05, 4.69) is 4.98 Å². The van der Waals surface area contributed by atoms with Crippen LogP contribution in [-0.4, -0.2) is 17.6 Å².